The minimum absolute atomic E-state index is 0.000787. The molecule has 0 bridgehead atoms. The molecule has 0 aliphatic rings. The number of rotatable bonds is 15. The van der Waals surface area contributed by atoms with Crippen molar-refractivity contribution < 1.29 is 27.4 Å². The number of aromatic nitrogens is 4. The van der Waals surface area contributed by atoms with Gasteiger partial charge in [0, 0.05) is 30.4 Å². The van der Waals surface area contributed by atoms with E-state index in [1.165, 1.54) is 31.6 Å². The molecule has 0 aliphatic carbocycles. The van der Waals surface area contributed by atoms with E-state index in [1.807, 2.05) is 32.9 Å². The highest BCUT2D eigenvalue weighted by Crippen LogP contribution is 2.41. The maximum Gasteiger partial charge on any atom is 0.263 e. The molecular weight excluding hydrogens is 692 g/mol. The second kappa shape index (κ2) is 16.6. The molecule has 3 aromatic carbocycles. The highest BCUT2D eigenvalue weighted by molar-refractivity contribution is 7.92. The number of carbonyl (C=O) groups excluding carboxylic acids is 1. The first kappa shape index (κ1) is 37.0. The summed E-state index contributed by atoms with van der Waals surface area (Å²) in [5.41, 5.74) is 1.70. The summed E-state index contributed by atoms with van der Waals surface area (Å²) in [7, 11) is -2.70. The van der Waals surface area contributed by atoms with E-state index in [2.05, 4.69) is 30.0 Å². The predicted molar refractivity (Wildman–Crippen MR) is 195 cm³/mol. The normalized spacial score (nSPS) is 11.5. The largest absolute Gasteiger partial charge is 0.493 e. The maximum atomic E-state index is 13.8. The molecule has 2 heterocycles. The van der Waals surface area contributed by atoms with E-state index >= 15 is 0 Å². The Labute approximate surface area is 302 Å². The van der Waals surface area contributed by atoms with Gasteiger partial charge in [0.15, 0.2) is 23.1 Å². The molecule has 0 unspecified atom stereocenters. The molecule has 5 rings (SSSR count). The van der Waals surface area contributed by atoms with Gasteiger partial charge < -0.3 is 19.5 Å². The van der Waals surface area contributed by atoms with Gasteiger partial charge in [-0.25, -0.2) is 23.4 Å². The number of hydrogen-bond acceptors (Lipinski definition) is 10. The number of halogens is 1. The zero-order chi connectivity index (χ0) is 36.4. The molecule has 1 amide bonds. The van der Waals surface area contributed by atoms with Crippen molar-refractivity contribution >= 4 is 33.3 Å². The lowest BCUT2D eigenvalue weighted by Crippen LogP contribution is -2.22. The van der Waals surface area contributed by atoms with Gasteiger partial charge in [0.2, 0.25) is 17.5 Å². The third-order valence-electron chi connectivity index (χ3n) is 7.56. The van der Waals surface area contributed by atoms with Crippen LogP contribution < -0.4 is 24.2 Å². The Balaban J connectivity index is 1.42. The zero-order valence-electron chi connectivity index (χ0n) is 28.7. The van der Waals surface area contributed by atoms with Crippen LogP contribution in [-0.2, 0) is 26.8 Å². The van der Waals surface area contributed by atoms with Gasteiger partial charge in [0.05, 0.1) is 18.6 Å². The number of anilines is 1. The number of nitrogens with one attached hydrogen (secondary N) is 2. The Hall–Kier alpha value is -5.27. The van der Waals surface area contributed by atoms with E-state index < -0.39 is 10.0 Å². The lowest BCUT2D eigenvalue weighted by atomic mass is 9.87. The van der Waals surface area contributed by atoms with Crippen LogP contribution >= 0.6 is 11.6 Å². The van der Waals surface area contributed by atoms with Crippen LogP contribution in [0.15, 0.2) is 96.2 Å². The summed E-state index contributed by atoms with van der Waals surface area (Å²) in [5.74, 6) is 0.300. The fraction of sp³-hybridized carbons (Fsp3) is 0.270. The van der Waals surface area contributed by atoms with Crippen molar-refractivity contribution in [1.82, 2.24) is 25.3 Å². The first-order chi connectivity index (χ1) is 24.4. The number of methoxy groups -OCH3 is 1. The van der Waals surface area contributed by atoms with Crippen LogP contribution in [0.25, 0.3) is 11.6 Å². The highest BCUT2D eigenvalue weighted by Gasteiger charge is 2.26. The van der Waals surface area contributed by atoms with Crippen LogP contribution in [0, 0.1) is 0 Å². The molecule has 0 saturated carbocycles. The number of unbranched alkanes of at least 4 members (excludes halogenated alkanes) is 1. The van der Waals surface area contributed by atoms with Crippen molar-refractivity contribution in [2.24, 2.45) is 0 Å². The average molecular weight is 731 g/mol. The Kier molecular flexibility index (Phi) is 12.1. The summed E-state index contributed by atoms with van der Waals surface area (Å²) < 4.78 is 48.1. The van der Waals surface area contributed by atoms with Crippen LogP contribution in [-0.4, -0.2) is 48.0 Å². The number of amides is 1. The molecule has 2 aromatic heterocycles. The predicted octanol–water partition coefficient (Wildman–Crippen LogP) is 7.35. The van der Waals surface area contributed by atoms with Gasteiger partial charge in [0.25, 0.3) is 15.9 Å². The smallest absolute Gasteiger partial charge is 0.263 e. The fourth-order valence-corrected chi connectivity index (χ4v) is 6.05. The van der Waals surface area contributed by atoms with E-state index in [0.717, 1.165) is 11.1 Å². The van der Waals surface area contributed by atoms with E-state index in [1.54, 1.807) is 54.6 Å². The van der Waals surface area contributed by atoms with E-state index in [9.17, 15) is 13.2 Å². The third kappa shape index (κ3) is 10.1. The summed E-state index contributed by atoms with van der Waals surface area (Å²) in [5, 5.41) is 3.49. The summed E-state index contributed by atoms with van der Waals surface area (Å²) in [6, 6.07) is 22.4. The van der Waals surface area contributed by atoms with Crippen molar-refractivity contribution in [2.75, 3.05) is 18.4 Å². The third-order valence-corrected chi connectivity index (χ3v) is 9.15. The molecule has 51 heavy (non-hydrogen) atoms. The Morgan fingerprint density at radius 1 is 0.863 bits per heavy atom. The first-order valence-electron chi connectivity index (χ1n) is 16.2. The molecule has 0 fully saturated rings. The number of para-hydroxylation sites is 2. The number of nitrogens with zero attached hydrogens (tertiary/aromatic N) is 4. The summed E-state index contributed by atoms with van der Waals surface area (Å²) in [6.07, 6.45) is 4.28. The summed E-state index contributed by atoms with van der Waals surface area (Å²) >= 11 is 6.04. The van der Waals surface area contributed by atoms with Gasteiger partial charge in [-0.2, -0.15) is 4.98 Å². The standard InChI is InChI=1S/C37H39ClN6O6S/c1-37(2,3)26-16-18-28(19-17-26)51(46,47)44-33-32(50-30-14-6-5-13-29(30)48-4)36(43-35(42-33)34-39-20-10-21-40-34)49-22-8-7-15-31(45)41-24-25-11-9-12-27(38)23-25/h5-6,9-14,16-21,23H,7-8,15,22,24H2,1-4H3,(H,41,45)(H,42,43,44). The highest BCUT2D eigenvalue weighted by atomic mass is 35.5. The molecule has 266 valence electrons. The minimum Gasteiger partial charge on any atom is -0.493 e. The molecule has 5 aromatic rings. The van der Waals surface area contributed by atoms with E-state index in [-0.39, 0.29) is 64.1 Å². The van der Waals surface area contributed by atoms with Crippen LogP contribution in [0.4, 0.5) is 5.82 Å². The van der Waals surface area contributed by atoms with Crippen molar-refractivity contribution in [3.8, 4) is 34.8 Å². The van der Waals surface area contributed by atoms with Crippen LogP contribution in [0.2, 0.25) is 5.02 Å². The van der Waals surface area contributed by atoms with Gasteiger partial charge in [-0.15, -0.1) is 0 Å². The molecule has 0 spiro atoms. The molecule has 0 saturated heterocycles. The minimum atomic E-state index is -4.19. The summed E-state index contributed by atoms with van der Waals surface area (Å²) in [4.78, 5) is 30.1. The van der Waals surface area contributed by atoms with Gasteiger partial charge in [-0.05, 0) is 71.8 Å². The van der Waals surface area contributed by atoms with Crippen molar-refractivity contribution in [1.29, 1.82) is 0 Å². The molecule has 0 aliphatic heterocycles. The van der Waals surface area contributed by atoms with Gasteiger partial charge in [-0.3, -0.25) is 9.52 Å². The van der Waals surface area contributed by atoms with Crippen molar-refractivity contribution in [3.05, 3.63) is 107 Å². The molecular formula is C37H39ClN6O6S. The molecule has 0 radical (unpaired) electrons. The maximum absolute atomic E-state index is 13.8. The Morgan fingerprint density at radius 3 is 2.27 bits per heavy atom. The topological polar surface area (TPSA) is 155 Å². The number of benzene rings is 3. The molecule has 14 heteroatoms. The second-order valence-corrected chi connectivity index (χ2v) is 14.6. The Bertz CT molecular complexity index is 2060. The quantitative estimate of drug-likeness (QED) is 0.105. The summed E-state index contributed by atoms with van der Waals surface area (Å²) in [6.45, 7) is 6.62. The number of ether oxygens (including phenoxy) is 3. The molecule has 0 atom stereocenters. The Morgan fingerprint density at radius 2 is 1.59 bits per heavy atom. The molecule has 2 N–H and O–H groups in total. The van der Waals surface area contributed by atoms with Gasteiger partial charge in [-0.1, -0.05) is 68.8 Å². The lowest BCUT2D eigenvalue weighted by molar-refractivity contribution is -0.121. The van der Waals surface area contributed by atoms with Gasteiger partial charge in [0.1, 0.15) is 0 Å². The molecule has 12 nitrogen and oxygen atoms in total. The monoisotopic (exact) mass is 730 g/mol. The number of sulfonamides is 1. The van der Waals surface area contributed by atoms with Crippen molar-refractivity contribution in [2.45, 2.75) is 56.9 Å². The van der Waals surface area contributed by atoms with Crippen LogP contribution in [0.1, 0.15) is 51.2 Å². The SMILES string of the molecule is COc1ccccc1Oc1c(NS(=O)(=O)c2ccc(C(C)(C)C)cc2)nc(-c2ncccn2)nc1OCCCCC(=O)NCc1cccc(Cl)c1. The fourth-order valence-electron chi connectivity index (χ4n) is 4.83. The van der Waals surface area contributed by atoms with Crippen LogP contribution in [0.5, 0.6) is 23.1 Å². The number of carbonyl (C=O) groups is 1. The van der Waals surface area contributed by atoms with E-state index in [0.29, 0.717) is 30.2 Å². The lowest BCUT2D eigenvalue weighted by Gasteiger charge is -2.20. The van der Waals surface area contributed by atoms with E-state index in [4.69, 9.17) is 25.8 Å². The second-order valence-electron chi connectivity index (χ2n) is 12.4. The van der Waals surface area contributed by atoms with Gasteiger partial charge >= 0.3 is 0 Å². The van der Waals surface area contributed by atoms with Crippen molar-refractivity contribution in [3.63, 3.8) is 0 Å². The van der Waals surface area contributed by atoms with Crippen LogP contribution in [0.3, 0.4) is 0 Å². The first-order valence-corrected chi connectivity index (χ1v) is 18.1. The average Bonchev–Trinajstić information content (AvgIpc) is 3.11. The number of hydrogen-bond donors (Lipinski definition) is 2. The zero-order valence-corrected chi connectivity index (χ0v) is 30.3.